The van der Waals surface area contributed by atoms with Gasteiger partial charge in [-0.05, 0) is 43.2 Å². The summed E-state index contributed by atoms with van der Waals surface area (Å²) in [5.74, 6) is -0.232. The molecule has 6 nitrogen and oxygen atoms in total. The van der Waals surface area contributed by atoms with E-state index in [1.807, 2.05) is 19.1 Å². The van der Waals surface area contributed by atoms with Crippen LogP contribution in [0, 0.1) is 0 Å². The van der Waals surface area contributed by atoms with Gasteiger partial charge in [0.15, 0.2) is 5.69 Å². The largest absolute Gasteiger partial charge is 0.399 e. The number of rotatable bonds is 6. The quantitative estimate of drug-likeness (QED) is 0.699. The van der Waals surface area contributed by atoms with Crippen molar-refractivity contribution in [3.05, 3.63) is 42.2 Å². The van der Waals surface area contributed by atoms with Crippen LogP contribution in [0.4, 0.5) is 5.69 Å². The van der Waals surface area contributed by atoms with E-state index >= 15 is 0 Å². The Labute approximate surface area is 123 Å². The lowest BCUT2D eigenvalue weighted by Gasteiger charge is -2.14. The number of hydrogen-bond donors (Lipinski definition) is 3. The normalized spacial score (nSPS) is 12.1. The topological polar surface area (TPSA) is 93.2 Å². The Hall–Kier alpha value is -2.34. The number of anilines is 1. The molecule has 0 aliphatic heterocycles. The fraction of sp³-hybridized carbons (Fsp3) is 0.333. The summed E-state index contributed by atoms with van der Waals surface area (Å²) in [5.41, 5.74) is 7.51. The average Bonchev–Trinajstić information content (AvgIpc) is 2.97. The van der Waals surface area contributed by atoms with Crippen molar-refractivity contribution >= 4 is 11.6 Å². The number of benzene rings is 1. The van der Waals surface area contributed by atoms with Crippen LogP contribution in [0.15, 0.2) is 36.5 Å². The number of aliphatic hydroxyl groups is 1. The maximum atomic E-state index is 12.1. The van der Waals surface area contributed by atoms with Crippen molar-refractivity contribution in [3.8, 4) is 5.69 Å². The van der Waals surface area contributed by atoms with Gasteiger partial charge in [-0.2, -0.15) is 5.10 Å². The van der Waals surface area contributed by atoms with Crippen molar-refractivity contribution in [1.82, 2.24) is 15.1 Å². The fourth-order valence-corrected chi connectivity index (χ4v) is 2.01. The molecular weight excluding hydrogens is 268 g/mol. The highest BCUT2D eigenvalue weighted by Gasteiger charge is 2.14. The Kier molecular flexibility index (Phi) is 4.94. The predicted molar refractivity (Wildman–Crippen MR) is 81.2 cm³/mol. The van der Waals surface area contributed by atoms with Crippen molar-refractivity contribution < 1.29 is 9.90 Å². The van der Waals surface area contributed by atoms with Crippen molar-refractivity contribution in [1.29, 1.82) is 0 Å². The molecule has 0 saturated heterocycles. The zero-order valence-corrected chi connectivity index (χ0v) is 12.0. The molecule has 0 fully saturated rings. The van der Waals surface area contributed by atoms with Crippen LogP contribution in [0.3, 0.4) is 0 Å². The number of nitrogens with two attached hydrogens (primary N) is 1. The first kappa shape index (κ1) is 15.1. The van der Waals surface area contributed by atoms with E-state index in [-0.39, 0.29) is 18.6 Å². The first-order valence-corrected chi connectivity index (χ1v) is 6.97. The lowest BCUT2D eigenvalue weighted by molar-refractivity contribution is 0.0923. The van der Waals surface area contributed by atoms with E-state index < -0.39 is 0 Å². The number of hydrogen-bond acceptors (Lipinski definition) is 4. The number of nitrogen functional groups attached to an aromatic ring is 1. The minimum Gasteiger partial charge on any atom is -0.399 e. The lowest BCUT2D eigenvalue weighted by atomic mass is 10.1. The molecule has 2 rings (SSSR count). The highest BCUT2D eigenvalue weighted by molar-refractivity contribution is 5.92. The molecule has 6 heteroatoms. The molecule has 21 heavy (non-hydrogen) atoms. The molecule has 0 saturated carbocycles. The Bertz CT molecular complexity index is 592. The summed E-state index contributed by atoms with van der Waals surface area (Å²) >= 11 is 0. The molecule has 1 aromatic heterocycles. The van der Waals surface area contributed by atoms with Gasteiger partial charge < -0.3 is 16.2 Å². The van der Waals surface area contributed by atoms with Gasteiger partial charge in [0, 0.05) is 24.5 Å². The first-order valence-electron chi connectivity index (χ1n) is 6.97. The molecule has 4 N–H and O–H groups in total. The number of carbonyl (C=O) groups is 1. The van der Waals surface area contributed by atoms with Crippen LogP contribution < -0.4 is 11.1 Å². The first-order chi connectivity index (χ1) is 10.1. The summed E-state index contributed by atoms with van der Waals surface area (Å²) in [6.45, 7) is 2.02. The van der Waals surface area contributed by atoms with Crippen LogP contribution in [-0.2, 0) is 0 Å². The molecule has 0 bridgehead atoms. The van der Waals surface area contributed by atoms with Gasteiger partial charge in [0.2, 0.25) is 0 Å². The molecule has 1 heterocycles. The summed E-state index contributed by atoms with van der Waals surface area (Å²) in [5, 5.41) is 16.1. The molecule has 1 aromatic carbocycles. The van der Waals surface area contributed by atoms with Crippen LogP contribution in [0.5, 0.6) is 0 Å². The van der Waals surface area contributed by atoms with Crippen molar-refractivity contribution in [3.63, 3.8) is 0 Å². The van der Waals surface area contributed by atoms with Crippen LogP contribution in [-0.4, -0.2) is 33.4 Å². The number of amides is 1. The van der Waals surface area contributed by atoms with E-state index in [4.69, 9.17) is 10.8 Å². The van der Waals surface area contributed by atoms with Gasteiger partial charge in [-0.1, -0.05) is 6.92 Å². The molecule has 1 atom stereocenters. The van der Waals surface area contributed by atoms with Gasteiger partial charge in [-0.3, -0.25) is 4.79 Å². The van der Waals surface area contributed by atoms with Crippen LogP contribution in [0.25, 0.3) is 5.69 Å². The average molecular weight is 288 g/mol. The summed E-state index contributed by atoms with van der Waals surface area (Å²) in [4.78, 5) is 12.1. The zero-order chi connectivity index (χ0) is 15.2. The number of aliphatic hydroxyl groups excluding tert-OH is 1. The Balaban J connectivity index is 2.08. The SMILES string of the molecule is CCC(CCO)NC(=O)c1ccn(-c2ccc(N)cc2)n1. The Morgan fingerprint density at radius 1 is 1.38 bits per heavy atom. The summed E-state index contributed by atoms with van der Waals surface area (Å²) in [7, 11) is 0. The summed E-state index contributed by atoms with van der Waals surface area (Å²) < 4.78 is 1.63. The van der Waals surface area contributed by atoms with E-state index in [0.717, 1.165) is 12.1 Å². The predicted octanol–water partition coefficient (Wildman–Crippen LogP) is 1.35. The van der Waals surface area contributed by atoms with Crippen LogP contribution in [0.2, 0.25) is 0 Å². The van der Waals surface area contributed by atoms with Crippen LogP contribution in [0.1, 0.15) is 30.3 Å². The zero-order valence-electron chi connectivity index (χ0n) is 12.0. The van der Waals surface area contributed by atoms with Gasteiger partial charge in [-0.25, -0.2) is 4.68 Å². The number of nitrogens with one attached hydrogen (secondary N) is 1. The molecule has 1 unspecified atom stereocenters. The lowest BCUT2D eigenvalue weighted by Crippen LogP contribution is -2.35. The third-order valence-corrected chi connectivity index (χ3v) is 3.28. The van der Waals surface area contributed by atoms with E-state index in [9.17, 15) is 4.79 Å². The highest BCUT2D eigenvalue weighted by Crippen LogP contribution is 2.11. The minimum atomic E-state index is -0.232. The van der Waals surface area contributed by atoms with Crippen molar-refractivity contribution in [2.24, 2.45) is 0 Å². The molecule has 2 aromatic rings. The van der Waals surface area contributed by atoms with Crippen LogP contribution >= 0.6 is 0 Å². The molecule has 0 aliphatic rings. The second-order valence-electron chi connectivity index (χ2n) is 4.83. The van der Waals surface area contributed by atoms with Crippen molar-refractivity contribution in [2.45, 2.75) is 25.8 Å². The van der Waals surface area contributed by atoms with E-state index in [0.29, 0.717) is 17.8 Å². The minimum absolute atomic E-state index is 0.0378. The van der Waals surface area contributed by atoms with Gasteiger partial charge in [0.25, 0.3) is 5.91 Å². The van der Waals surface area contributed by atoms with Gasteiger partial charge in [-0.15, -0.1) is 0 Å². The monoisotopic (exact) mass is 288 g/mol. The molecule has 112 valence electrons. The van der Waals surface area contributed by atoms with Gasteiger partial charge >= 0.3 is 0 Å². The molecule has 0 spiro atoms. The number of nitrogens with zero attached hydrogens (tertiary/aromatic N) is 2. The standard InChI is InChI=1S/C15H20N4O2/c1-2-12(8-10-20)17-15(21)14-7-9-19(18-14)13-5-3-11(16)4-6-13/h3-7,9,12,20H,2,8,10,16H2,1H3,(H,17,21). The summed E-state index contributed by atoms with van der Waals surface area (Å²) in [6, 6.07) is 8.87. The fourth-order valence-electron chi connectivity index (χ4n) is 2.01. The summed E-state index contributed by atoms with van der Waals surface area (Å²) in [6.07, 6.45) is 3.04. The second-order valence-corrected chi connectivity index (χ2v) is 4.83. The van der Waals surface area contributed by atoms with E-state index in [2.05, 4.69) is 10.4 Å². The molecule has 0 aliphatic carbocycles. The number of carbonyl (C=O) groups excluding carboxylic acids is 1. The van der Waals surface area contributed by atoms with Gasteiger partial charge in [0.05, 0.1) is 5.69 Å². The molecular formula is C15H20N4O2. The highest BCUT2D eigenvalue weighted by atomic mass is 16.3. The maximum absolute atomic E-state index is 12.1. The van der Waals surface area contributed by atoms with E-state index in [1.165, 1.54) is 0 Å². The van der Waals surface area contributed by atoms with Crippen molar-refractivity contribution in [2.75, 3.05) is 12.3 Å². The third kappa shape index (κ3) is 3.82. The second kappa shape index (κ2) is 6.90. The van der Waals surface area contributed by atoms with E-state index in [1.54, 1.807) is 29.1 Å². The maximum Gasteiger partial charge on any atom is 0.272 e. The molecule has 1 amide bonds. The smallest absolute Gasteiger partial charge is 0.272 e. The van der Waals surface area contributed by atoms with Gasteiger partial charge in [0.1, 0.15) is 0 Å². The Morgan fingerprint density at radius 2 is 2.10 bits per heavy atom. The third-order valence-electron chi connectivity index (χ3n) is 3.28. The Morgan fingerprint density at radius 3 is 2.71 bits per heavy atom. The molecule has 0 radical (unpaired) electrons. The number of aromatic nitrogens is 2.